The third-order valence-corrected chi connectivity index (χ3v) is 8.31. The highest BCUT2D eigenvalue weighted by atomic mass is 16.5. The van der Waals surface area contributed by atoms with Crippen LogP contribution in [0.25, 0.3) is 0 Å². The second-order valence-corrected chi connectivity index (χ2v) is 12.8. The zero-order valence-corrected chi connectivity index (χ0v) is 30.5. The topological polar surface area (TPSA) is 123 Å². The van der Waals surface area contributed by atoms with Crippen molar-refractivity contribution in [1.29, 1.82) is 0 Å². The van der Waals surface area contributed by atoms with Gasteiger partial charge in [0.2, 0.25) is 5.91 Å². The van der Waals surface area contributed by atoms with Crippen LogP contribution in [-0.2, 0) is 53.6 Å². The first-order chi connectivity index (χ1) is 26.0. The average Bonchev–Trinajstić information content (AvgIpc) is 3.17. The Labute approximate surface area is 312 Å². The monoisotopic (exact) mass is 715 g/mol. The lowest BCUT2D eigenvalue weighted by Crippen LogP contribution is -2.25. The summed E-state index contributed by atoms with van der Waals surface area (Å²) >= 11 is 0. The fourth-order valence-electron chi connectivity index (χ4n) is 5.91. The van der Waals surface area contributed by atoms with E-state index >= 15 is 0 Å². The van der Waals surface area contributed by atoms with Crippen LogP contribution in [-0.4, -0.2) is 61.4 Å². The summed E-state index contributed by atoms with van der Waals surface area (Å²) in [5.41, 5.74) is 6.19. The minimum Gasteiger partial charge on any atom is -0.494 e. The molecule has 0 fully saturated rings. The number of carbonyl (C=O) groups is 2. The van der Waals surface area contributed by atoms with E-state index in [1.807, 2.05) is 97.6 Å². The maximum atomic E-state index is 12.1. The van der Waals surface area contributed by atoms with Crippen molar-refractivity contribution in [1.82, 2.24) is 35.1 Å². The third-order valence-electron chi connectivity index (χ3n) is 8.31. The molecule has 276 valence electrons. The maximum Gasteiger partial charge on any atom is 0.306 e. The Bertz CT molecular complexity index is 1610. The molecule has 1 N–H and O–H groups in total. The Morgan fingerprint density at radius 2 is 1.08 bits per heavy atom. The highest BCUT2D eigenvalue weighted by Gasteiger charge is 2.15. The number of nitrogens with one attached hydrogen (secondary N) is 1. The molecular formula is C42H49N7O4. The van der Waals surface area contributed by atoms with E-state index in [1.54, 1.807) is 6.92 Å². The summed E-state index contributed by atoms with van der Waals surface area (Å²) in [4.78, 5) is 46.8. The molecule has 0 aliphatic rings. The van der Waals surface area contributed by atoms with Gasteiger partial charge < -0.3 is 14.8 Å². The molecule has 0 radical (unpaired) electrons. The molecular weight excluding hydrogens is 667 g/mol. The van der Waals surface area contributed by atoms with E-state index in [-0.39, 0.29) is 24.7 Å². The molecule has 1 amide bonds. The first kappa shape index (κ1) is 38.7. The summed E-state index contributed by atoms with van der Waals surface area (Å²) in [5, 5.41) is 2.89. The van der Waals surface area contributed by atoms with E-state index in [4.69, 9.17) is 9.47 Å². The second-order valence-electron chi connectivity index (χ2n) is 12.8. The van der Waals surface area contributed by atoms with E-state index in [0.29, 0.717) is 59.0 Å². The molecule has 5 aromatic rings. The Hall–Kier alpha value is -5.52. The minimum atomic E-state index is -0.356. The van der Waals surface area contributed by atoms with Crippen LogP contribution < -0.4 is 10.1 Å². The van der Waals surface area contributed by atoms with Crippen molar-refractivity contribution in [2.75, 3.05) is 19.8 Å². The number of carbonyl (C=O) groups excluding carboxylic acids is 2. The molecule has 11 heteroatoms. The van der Waals surface area contributed by atoms with Crippen LogP contribution in [0.15, 0.2) is 116 Å². The lowest BCUT2D eigenvalue weighted by Gasteiger charge is -2.25. The number of aromatic nitrogens is 4. The molecule has 0 aliphatic carbocycles. The number of rotatable bonds is 22. The van der Waals surface area contributed by atoms with Crippen LogP contribution in [0.2, 0.25) is 0 Å². The predicted molar refractivity (Wildman–Crippen MR) is 203 cm³/mol. The number of esters is 1. The van der Waals surface area contributed by atoms with Gasteiger partial charge in [0.05, 0.1) is 42.4 Å². The van der Waals surface area contributed by atoms with Crippen molar-refractivity contribution < 1.29 is 19.1 Å². The molecule has 5 rings (SSSR count). The molecule has 0 saturated carbocycles. The molecule has 0 atom stereocenters. The summed E-state index contributed by atoms with van der Waals surface area (Å²) in [7, 11) is 0. The van der Waals surface area contributed by atoms with Gasteiger partial charge in [-0.1, -0.05) is 30.3 Å². The summed E-state index contributed by atoms with van der Waals surface area (Å²) in [6, 6.07) is 30.5. The van der Waals surface area contributed by atoms with Crippen LogP contribution in [0, 0.1) is 0 Å². The highest BCUT2D eigenvalue weighted by molar-refractivity contribution is 5.81. The smallest absolute Gasteiger partial charge is 0.306 e. The first-order valence-electron chi connectivity index (χ1n) is 18.2. The number of nitrogens with zero attached hydrogens (tertiary/aromatic N) is 6. The van der Waals surface area contributed by atoms with Crippen molar-refractivity contribution in [2.24, 2.45) is 0 Å². The first-order valence-corrected chi connectivity index (χ1v) is 18.2. The normalized spacial score (nSPS) is 11.1. The van der Waals surface area contributed by atoms with Crippen molar-refractivity contribution >= 4 is 11.9 Å². The molecule has 4 aromatic heterocycles. The van der Waals surface area contributed by atoms with Gasteiger partial charge in [0.25, 0.3) is 0 Å². The van der Waals surface area contributed by atoms with Gasteiger partial charge in [0.1, 0.15) is 5.75 Å². The molecule has 11 nitrogen and oxygen atoms in total. The van der Waals surface area contributed by atoms with E-state index < -0.39 is 0 Å². The molecule has 0 saturated heterocycles. The largest absolute Gasteiger partial charge is 0.494 e. The van der Waals surface area contributed by atoms with Crippen LogP contribution in [0.4, 0.5) is 0 Å². The second kappa shape index (κ2) is 21.8. The van der Waals surface area contributed by atoms with Gasteiger partial charge in [-0.05, 0) is 91.6 Å². The van der Waals surface area contributed by atoms with Gasteiger partial charge in [-0.15, -0.1) is 0 Å². The Morgan fingerprint density at radius 3 is 1.49 bits per heavy atom. The molecule has 0 spiro atoms. The lowest BCUT2D eigenvalue weighted by atomic mass is 10.1. The molecule has 4 heterocycles. The lowest BCUT2D eigenvalue weighted by molar-refractivity contribution is -0.144. The summed E-state index contributed by atoms with van der Waals surface area (Å²) < 4.78 is 11.3. The molecule has 0 aliphatic heterocycles. The SMILES string of the molecule is CCOC(=O)CCC(=O)NCCCCOc1cc(CN(Cc2ccccn2)Cc2ccccn2)cc(CN(Cc2ccccn2)Cc2ccccn2)c1. The number of amides is 1. The number of ether oxygens (including phenoxy) is 2. The Morgan fingerprint density at radius 1 is 0.604 bits per heavy atom. The van der Waals surface area contributed by atoms with Gasteiger partial charge in [-0.3, -0.25) is 39.3 Å². The van der Waals surface area contributed by atoms with E-state index in [9.17, 15) is 9.59 Å². The van der Waals surface area contributed by atoms with Crippen LogP contribution in [0.5, 0.6) is 5.75 Å². The fourth-order valence-corrected chi connectivity index (χ4v) is 5.91. The van der Waals surface area contributed by atoms with E-state index in [2.05, 4.69) is 53.3 Å². The number of benzene rings is 1. The van der Waals surface area contributed by atoms with Crippen LogP contribution in [0.3, 0.4) is 0 Å². The number of hydrogen-bond acceptors (Lipinski definition) is 10. The number of pyridine rings is 4. The van der Waals surface area contributed by atoms with Gasteiger partial charge >= 0.3 is 5.97 Å². The zero-order valence-electron chi connectivity index (χ0n) is 30.5. The van der Waals surface area contributed by atoms with Gasteiger partial charge in [-0.2, -0.15) is 0 Å². The van der Waals surface area contributed by atoms with Gasteiger partial charge in [0, 0.05) is 77.0 Å². The third kappa shape index (κ3) is 14.6. The minimum absolute atomic E-state index is 0.0871. The van der Waals surface area contributed by atoms with Crippen molar-refractivity contribution in [3.63, 3.8) is 0 Å². The number of unbranched alkanes of at least 4 members (excludes halogenated alkanes) is 1. The predicted octanol–water partition coefficient (Wildman–Crippen LogP) is 6.29. The summed E-state index contributed by atoms with van der Waals surface area (Å²) in [6.45, 7) is 7.05. The Kier molecular flexibility index (Phi) is 15.9. The van der Waals surface area contributed by atoms with Crippen molar-refractivity contribution in [3.05, 3.63) is 150 Å². The van der Waals surface area contributed by atoms with E-state index in [0.717, 1.165) is 52.5 Å². The molecule has 1 aromatic carbocycles. The quantitative estimate of drug-likeness (QED) is 0.0646. The molecule has 0 bridgehead atoms. The van der Waals surface area contributed by atoms with Crippen molar-refractivity contribution in [2.45, 2.75) is 71.9 Å². The number of hydrogen-bond donors (Lipinski definition) is 1. The van der Waals surface area contributed by atoms with Gasteiger partial charge in [-0.25, -0.2) is 0 Å². The average molecular weight is 716 g/mol. The molecule has 0 unspecified atom stereocenters. The maximum absolute atomic E-state index is 12.1. The van der Waals surface area contributed by atoms with Crippen LogP contribution >= 0.6 is 0 Å². The standard InChI is InChI=1S/C42H49N7O4/c1-2-52-42(51)18-17-41(50)47-23-11-12-24-53-40-26-34(28-48(30-36-13-3-7-19-43-36)31-37-14-4-8-20-44-37)25-35(27-40)29-49(32-38-15-5-9-21-45-38)33-39-16-6-10-22-46-39/h3-10,13-16,19-22,25-27H,2,11-12,17-18,23-24,28-33H2,1H3,(H,47,50). The fraction of sp³-hybridized carbons (Fsp3) is 0.333. The Balaban J connectivity index is 1.31. The van der Waals surface area contributed by atoms with E-state index in [1.165, 1.54) is 0 Å². The highest BCUT2D eigenvalue weighted by Crippen LogP contribution is 2.23. The summed E-state index contributed by atoms with van der Waals surface area (Å²) in [5.74, 6) is 0.284. The zero-order chi connectivity index (χ0) is 36.9. The van der Waals surface area contributed by atoms with Crippen molar-refractivity contribution in [3.8, 4) is 5.75 Å². The summed E-state index contributed by atoms with van der Waals surface area (Å²) in [6.07, 6.45) is 9.03. The van der Waals surface area contributed by atoms with Crippen LogP contribution in [0.1, 0.15) is 66.5 Å². The molecule has 53 heavy (non-hydrogen) atoms. The van der Waals surface area contributed by atoms with Gasteiger partial charge in [0.15, 0.2) is 0 Å².